The number of quaternary nitrogens is 1. The molecule has 0 aliphatic carbocycles. The molecular weight excluding hydrogens is 306 g/mol. The number of nitrogens with one attached hydrogen (secondary N) is 1. The van der Waals surface area contributed by atoms with E-state index in [1.165, 1.54) is 38.5 Å². The van der Waals surface area contributed by atoms with E-state index in [1.54, 1.807) is 0 Å². The molecule has 0 radical (unpaired) electrons. The highest BCUT2D eigenvalue weighted by molar-refractivity contribution is 5.76. The SMILES string of the molecule is CCCC[N+](CCCC)(CCCC)CC(=O)NN.[Br-]. The fraction of sp³-hybridized carbons (Fsp3) is 0.929. The number of halogens is 1. The van der Waals surface area contributed by atoms with Crippen LogP contribution in [0, 0.1) is 0 Å². The Kier molecular flexibility index (Phi) is 14.4. The molecule has 19 heavy (non-hydrogen) atoms. The van der Waals surface area contributed by atoms with E-state index in [2.05, 4.69) is 26.2 Å². The van der Waals surface area contributed by atoms with E-state index >= 15 is 0 Å². The third-order valence-electron chi connectivity index (χ3n) is 3.60. The molecule has 0 heterocycles. The Morgan fingerprint density at radius 3 is 1.58 bits per heavy atom. The predicted molar refractivity (Wildman–Crippen MR) is 76.8 cm³/mol. The Bertz CT molecular complexity index is 203. The summed E-state index contributed by atoms with van der Waals surface area (Å²) in [6.07, 6.45) is 7.11. The van der Waals surface area contributed by atoms with Crippen LogP contribution >= 0.6 is 0 Å². The van der Waals surface area contributed by atoms with Crippen molar-refractivity contribution >= 4 is 5.91 Å². The van der Waals surface area contributed by atoms with Crippen LogP contribution in [0.1, 0.15) is 59.3 Å². The van der Waals surface area contributed by atoms with Gasteiger partial charge in [0.05, 0.1) is 19.6 Å². The molecule has 0 aromatic heterocycles. The van der Waals surface area contributed by atoms with Crippen molar-refractivity contribution in [1.29, 1.82) is 0 Å². The van der Waals surface area contributed by atoms with Crippen LogP contribution in [0.15, 0.2) is 0 Å². The Hall–Kier alpha value is -0.130. The Labute approximate surface area is 129 Å². The number of amides is 1. The summed E-state index contributed by atoms with van der Waals surface area (Å²) in [4.78, 5) is 11.7. The lowest BCUT2D eigenvalue weighted by Gasteiger charge is -2.38. The van der Waals surface area contributed by atoms with Crippen molar-refractivity contribution < 1.29 is 26.3 Å². The molecule has 0 spiro atoms. The van der Waals surface area contributed by atoms with E-state index in [-0.39, 0.29) is 22.9 Å². The largest absolute Gasteiger partial charge is 1.00 e. The van der Waals surface area contributed by atoms with Crippen LogP contribution in [0.3, 0.4) is 0 Å². The van der Waals surface area contributed by atoms with Gasteiger partial charge in [0.15, 0.2) is 6.54 Å². The Balaban J connectivity index is 0. The predicted octanol–water partition coefficient (Wildman–Crippen LogP) is -0.803. The molecule has 5 heteroatoms. The molecule has 0 rings (SSSR count). The van der Waals surface area contributed by atoms with Crippen LogP contribution in [0.5, 0.6) is 0 Å². The van der Waals surface area contributed by atoms with Gasteiger partial charge in [0.2, 0.25) is 0 Å². The van der Waals surface area contributed by atoms with Gasteiger partial charge in [-0.3, -0.25) is 10.2 Å². The maximum atomic E-state index is 11.7. The van der Waals surface area contributed by atoms with Crippen LogP contribution in [-0.2, 0) is 4.79 Å². The molecular formula is C14H32BrN3O. The first-order chi connectivity index (χ1) is 8.64. The number of hydrogen-bond acceptors (Lipinski definition) is 2. The van der Waals surface area contributed by atoms with Gasteiger partial charge in [-0.05, 0) is 19.3 Å². The first-order valence-electron chi connectivity index (χ1n) is 7.48. The van der Waals surface area contributed by atoms with Gasteiger partial charge in [0, 0.05) is 0 Å². The van der Waals surface area contributed by atoms with Gasteiger partial charge in [-0.2, -0.15) is 0 Å². The number of unbranched alkanes of at least 4 members (excludes halogenated alkanes) is 3. The molecule has 0 aliphatic rings. The smallest absolute Gasteiger partial charge is 0.289 e. The molecule has 1 amide bonds. The van der Waals surface area contributed by atoms with Gasteiger partial charge >= 0.3 is 0 Å². The zero-order valence-corrected chi connectivity index (χ0v) is 14.5. The average molecular weight is 338 g/mol. The van der Waals surface area contributed by atoms with E-state index in [9.17, 15) is 4.79 Å². The van der Waals surface area contributed by atoms with Crippen LogP contribution in [-0.4, -0.2) is 36.6 Å². The fourth-order valence-electron chi connectivity index (χ4n) is 2.40. The van der Waals surface area contributed by atoms with Gasteiger partial charge < -0.3 is 21.5 Å². The van der Waals surface area contributed by atoms with Gasteiger partial charge in [-0.25, -0.2) is 5.84 Å². The molecule has 4 nitrogen and oxygen atoms in total. The standard InChI is InChI=1S/C14H31N3O.BrH/c1-4-7-10-17(11-8-5-2,12-9-6-3)13-14(18)16-15;/h4-13,15H2,1-3H3;1H. The number of rotatable bonds is 11. The maximum absolute atomic E-state index is 11.7. The topological polar surface area (TPSA) is 55.1 Å². The summed E-state index contributed by atoms with van der Waals surface area (Å²) in [5.74, 6) is 5.23. The fourth-order valence-corrected chi connectivity index (χ4v) is 2.40. The minimum Gasteiger partial charge on any atom is -1.00 e. The molecule has 0 unspecified atom stereocenters. The molecule has 0 aromatic rings. The van der Waals surface area contributed by atoms with Crippen molar-refractivity contribution in [2.45, 2.75) is 59.3 Å². The third-order valence-corrected chi connectivity index (χ3v) is 3.60. The van der Waals surface area contributed by atoms with Crippen molar-refractivity contribution in [3.63, 3.8) is 0 Å². The van der Waals surface area contributed by atoms with Crippen LogP contribution in [0.25, 0.3) is 0 Å². The van der Waals surface area contributed by atoms with Crippen molar-refractivity contribution in [1.82, 2.24) is 5.43 Å². The van der Waals surface area contributed by atoms with E-state index in [4.69, 9.17) is 5.84 Å². The molecule has 0 fully saturated rings. The van der Waals surface area contributed by atoms with E-state index in [0.29, 0.717) is 6.54 Å². The average Bonchev–Trinajstić information content (AvgIpc) is 2.40. The monoisotopic (exact) mass is 337 g/mol. The molecule has 0 saturated heterocycles. The summed E-state index contributed by atoms with van der Waals surface area (Å²) in [6, 6.07) is 0. The quantitative estimate of drug-likeness (QED) is 0.224. The molecule has 0 saturated carbocycles. The van der Waals surface area contributed by atoms with Crippen molar-refractivity contribution in [3.05, 3.63) is 0 Å². The minimum absolute atomic E-state index is 0. The Morgan fingerprint density at radius 2 is 1.32 bits per heavy atom. The third kappa shape index (κ3) is 9.41. The molecule has 0 aromatic carbocycles. The van der Waals surface area contributed by atoms with Crippen molar-refractivity contribution in [2.75, 3.05) is 26.2 Å². The van der Waals surface area contributed by atoms with Crippen LogP contribution < -0.4 is 28.2 Å². The first kappa shape index (κ1) is 21.2. The second kappa shape index (κ2) is 12.9. The van der Waals surface area contributed by atoms with E-state index in [0.717, 1.165) is 24.1 Å². The first-order valence-corrected chi connectivity index (χ1v) is 7.48. The number of carbonyl (C=O) groups is 1. The summed E-state index contributed by atoms with van der Waals surface area (Å²) < 4.78 is 0.915. The highest BCUT2D eigenvalue weighted by Crippen LogP contribution is 2.14. The summed E-state index contributed by atoms with van der Waals surface area (Å²) >= 11 is 0. The molecule has 0 atom stereocenters. The number of nitrogens with two attached hydrogens (primary N) is 1. The second-order valence-corrected chi connectivity index (χ2v) is 5.30. The summed E-state index contributed by atoms with van der Waals surface area (Å²) in [5, 5.41) is 0. The Morgan fingerprint density at radius 1 is 0.947 bits per heavy atom. The number of carbonyl (C=O) groups excluding carboxylic acids is 1. The highest BCUT2D eigenvalue weighted by atomic mass is 79.9. The van der Waals surface area contributed by atoms with Crippen LogP contribution in [0.2, 0.25) is 0 Å². The zero-order chi connectivity index (χ0) is 13.9. The summed E-state index contributed by atoms with van der Waals surface area (Å²) in [7, 11) is 0. The molecule has 0 aliphatic heterocycles. The number of nitrogens with zero attached hydrogens (tertiary/aromatic N) is 1. The van der Waals surface area contributed by atoms with Gasteiger partial charge in [-0.15, -0.1) is 0 Å². The lowest BCUT2D eigenvalue weighted by Crippen LogP contribution is -3.00. The lowest BCUT2D eigenvalue weighted by atomic mass is 10.1. The van der Waals surface area contributed by atoms with Crippen molar-refractivity contribution in [3.8, 4) is 0 Å². The second-order valence-electron chi connectivity index (χ2n) is 5.30. The molecule has 0 bridgehead atoms. The minimum atomic E-state index is -0.0293. The van der Waals surface area contributed by atoms with Gasteiger partial charge in [0.1, 0.15) is 0 Å². The maximum Gasteiger partial charge on any atom is 0.289 e. The highest BCUT2D eigenvalue weighted by Gasteiger charge is 2.28. The van der Waals surface area contributed by atoms with E-state index < -0.39 is 0 Å². The zero-order valence-electron chi connectivity index (χ0n) is 12.9. The number of hydrogen-bond donors (Lipinski definition) is 2. The van der Waals surface area contributed by atoms with E-state index in [1.807, 2.05) is 0 Å². The summed E-state index contributed by atoms with van der Waals surface area (Å²) in [5.41, 5.74) is 2.29. The molecule has 116 valence electrons. The van der Waals surface area contributed by atoms with Gasteiger partial charge in [0.25, 0.3) is 5.91 Å². The lowest BCUT2D eigenvalue weighted by molar-refractivity contribution is -0.921. The van der Waals surface area contributed by atoms with Crippen molar-refractivity contribution in [2.24, 2.45) is 5.84 Å². The van der Waals surface area contributed by atoms with Crippen LogP contribution in [0.4, 0.5) is 0 Å². The normalized spacial score (nSPS) is 10.9. The summed E-state index contributed by atoms with van der Waals surface area (Å²) in [6.45, 7) is 10.5. The molecule has 3 N–H and O–H groups in total. The number of hydrazine groups is 1. The van der Waals surface area contributed by atoms with Gasteiger partial charge in [-0.1, -0.05) is 40.0 Å².